The minimum absolute atomic E-state index is 0.0904. The minimum atomic E-state index is -0.971. The zero-order valence-electron chi connectivity index (χ0n) is 16.4. The quantitative estimate of drug-likeness (QED) is 0.773. The predicted molar refractivity (Wildman–Crippen MR) is 104 cm³/mol. The van der Waals surface area contributed by atoms with E-state index in [9.17, 15) is 19.1 Å². The van der Waals surface area contributed by atoms with E-state index in [1.165, 1.54) is 44.2 Å². The van der Waals surface area contributed by atoms with Gasteiger partial charge in [-0.2, -0.15) is 0 Å². The highest BCUT2D eigenvalue weighted by Gasteiger charge is 2.43. The average Bonchev–Trinajstić information content (AvgIpc) is 2.97. The molecule has 1 aliphatic rings. The van der Waals surface area contributed by atoms with Crippen LogP contribution in [0.25, 0.3) is 0 Å². The van der Waals surface area contributed by atoms with Crippen LogP contribution < -0.4 is 9.47 Å². The molecule has 1 atom stereocenters. The summed E-state index contributed by atoms with van der Waals surface area (Å²) in [6, 6.07) is 10.3. The second-order valence-electron chi connectivity index (χ2n) is 6.68. The molecule has 0 radical (unpaired) electrons. The molecule has 29 heavy (non-hydrogen) atoms. The number of carbonyl (C=O) groups excluding carboxylic acids is 2. The molecule has 0 aliphatic carbocycles. The normalized spacial score (nSPS) is 16.3. The van der Waals surface area contributed by atoms with Gasteiger partial charge in [-0.1, -0.05) is 24.3 Å². The molecule has 1 amide bonds. The molecule has 3 rings (SSSR count). The van der Waals surface area contributed by atoms with Crippen molar-refractivity contribution in [2.24, 2.45) is 0 Å². The van der Waals surface area contributed by atoms with Crippen LogP contribution >= 0.6 is 0 Å². The van der Waals surface area contributed by atoms with Crippen LogP contribution in [0, 0.1) is 5.82 Å². The number of ether oxygens (including phenoxy) is 2. The van der Waals surface area contributed by atoms with E-state index in [1.807, 2.05) is 6.07 Å². The molecule has 0 unspecified atom stereocenters. The van der Waals surface area contributed by atoms with Crippen LogP contribution in [0.4, 0.5) is 4.39 Å². The van der Waals surface area contributed by atoms with Gasteiger partial charge in [-0.15, -0.1) is 0 Å². The number of halogens is 1. The lowest BCUT2D eigenvalue weighted by Gasteiger charge is -2.27. The van der Waals surface area contributed by atoms with E-state index >= 15 is 0 Å². The first-order valence-electron chi connectivity index (χ1n) is 9.09. The number of rotatable bonds is 7. The Morgan fingerprint density at radius 3 is 2.45 bits per heavy atom. The summed E-state index contributed by atoms with van der Waals surface area (Å²) in [7, 11) is 3.07. The molecule has 0 bridgehead atoms. The summed E-state index contributed by atoms with van der Waals surface area (Å²) < 4.78 is 25.0. The van der Waals surface area contributed by atoms with E-state index in [2.05, 4.69) is 0 Å². The van der Waals surface area contributed by atoms with E-state index in [1.54, 1.807) is 18.2 Å². The van der Waals surface area contributed by atoms with Gasteiger partial charge in [0.15, 0.2) is 23.0 Å². The Morgan fingerprint density at radius 1 is 1.14 bits per heavy atom. The van der Waals surface area contributed by atoms with Crippen LogP contribution in [0.3, 0.4) is 0 Å². The number of carbonyl (C=O) groups is 2. The number of Topliss-reactive ketones (excluding diaryl/α,β-unsaturated/α-hetero) is 1. The molecule has 7 heteroatoms. The molecule has 152 valence electrons. The molecule has 1 N–H and O–H groups in total. The zero-order valence-corrected chi connectivity index (χ0v) is 16.4. The summed E-state index contributed by atoms with van der Waals surface area (Å²) in [5, 5.41) is 10.3. The molecule has 0 saturated carbocycles. The van der Waals surface area contributed by atoms with Crippen LogP contribution in [0.1, 0.15) is 24.1 Å². The molecule has 0 saturated heterocycles. The number of hydrogen-bond acceptors (Lipinski definition) is 5. The molecule has 2 aromatic rings. The third-order valence-corrected chi connectivity index (χ3v) is 4.97. The molecular formula is C22H22FNO5. The number of hydrogen-bond donors (Lipinski definition) is 1. The molecule has 0 fully saturated rings. The van der Waals surface area contributed by atoms with Crippen molar-refractivity contribution in [2.45, 2.75) is 19.4 Å². The van der Waals surface area contributed by atoms with Gasteiger partial charge in [-0.05, 0) is 37.1 Å². The van der Waals surface area contributed by atoms with E-state index in [-0.39, 0.29) is 17.7 Å². The van der Waals surface area contributed by atoms with Gasteiger partial charge in [-0.25, -0.2) is 4.39 Å². The largest absolute Gasteiger partial charge is 0.503 e. The molecular weight excluding hydrogens is 377 g/mol. The Labute approximate surface area is 168 Å². The van der Waals surface area contributed by atoms with Gasteiger partial charge < -0.3 is 19.5 Å². The first-order valence-corrected chi connectivity index (χ1v) is 9.09. The van der Waals surface area contributed by atoms with Gasteiger partial charge in [0.25, 0.3) is 5.91 Å². The highest BCUT2D eigenvalue weighted by molar-refractivity contribution is 6.08. The number of aliphatic hydroxyl groups excluding tert-OH is 1. The maximum atomic E-state index is 14.5. The van der Waals surface area contributed by atoms with Gasteiger partial charge in [-0.3, -0.25) is 9.59 Å². The Bertz CT molecular complexity index is 985. The van der Waals surface area contributed by atoms with Crippen molar-refractivity contribution in [1.29, 1.82) is 0 Å². The van der Waals surface area contributed by atoms with Crippen LogP contribution in [-0.4, -0.2) is 42.5 Å². The third-order valence-electron chi connectivity index (χ3n) is 4.97. The Kier molecular flexibility index (Phi) is 5.87. The monoisotopic (exact) mass is 399 g/mol. The molecule has 6 nitrogen and oxygen atoms in total. The molecule has 0 aromatic heterocycles. The lowest BCUT2D eigenvalue weighted by atomic mass is 9.96. The predicted octanol–water partition coefficient (Wildman–Crippen LogP) is 3.37. The highest BCUT2D eigenvalue weighted by atomic mass is 19.1. The SMILES string of the molecule is COc1ccc(CCN2C(=O)C(O)=C(C(C)=O)[C@@H]2c2ccccc2F)cc1OC. The highest BCUT2D eigenvalue weighted by Crippen LogP contribution is 2.39. The average molecular weight is 399 g/mol. The lowest BCUT2D eigenvalue weighted by molar-refractivity contribution is -0.129. The fraction of sp³-hybridized carbons (Fsp3) is 0.273. The maximum absolute atomic E-state index is 14.5. The maximum Gasteiger partial charge on any atom is 0.290 e. The second kappa shape index (κ2) is 8.34. The van der Waals surface area contributed by atoms with Gasteiger partial charge >= 0.3 is 0 Å². The Hall–Kier alpha value is -3.35. The number of ketones is 1. The molecule has 1 aliphatic heterocycles. The zero-order chi connectivity index (χ0) is 21.1. The van der Waals surface area contributed by atoms with Gasteiger partial charge in [0.05, 0.1) is 25.8 Å². The fourth-order valence-corrected chi connectivity index (χ4v) is 3.55. The summed E-state index contributed by atoms with van der Waals surface area (Å²) in [5.41, 5.74) is 0.938. The van der Waals surface area contributed by atoms with Crippen molar-refractivity contribution in [3.05, 3.63) is 70.7 Å². The number of amides is 1. The van der Waals surface area contributed by atoms with Crippen molar-refractivity contribution in [2.75, 3.05) is 20.8 Å². The summed E-state index contributed by atoms with van der Waals surface area (Å²) in [6.07, 6.45) is 0.412. The first kappa shape index (κ1) is 20.4. The molecule has 2 aromatic carbocycles. The van der Waals surface area contributed by atoms with Crippen LogP contribution in [0.2, 0.25) is 0 Å². The van der Waals surface area contributed by atoms with Crippen LogP contribution in [0.15, 0.2) is 53.8 Å². The minimum Gasteiger partial charge on any atom is -0.503 e. The third kappa shape index (κ3) is 3.81. The second-order valence-corrected chi connectivity index (χ2v) is 6.68. The Balaban J connectivity index is 1.92. The smallest absolute Gasteiger partial charge is 0.290 e. The summed E-state index contributed by atoms with van der Waals surface area (Å²) in [5.74, 6) is -1.21. The van der Waals surface area contributed by atoms with Crippen LogP contribution in [0.5, 0.6) is 11.5 Å². The van der Waals surface area contributed by atoms with E-state index < -0.39 is 29.3 Å². The number of aliphatic hydroxyl groups is 1. The van der Waals surface area contributed by atoms with E-state index in [0.717, 1.165) is 5.56 Å². The standard InChI is InChI=1S/C22H22FNO5/c1-13(25)19-20(15-6-4-5-7-16(15)23)24(22(27)21(19)26)11-10-14-8-9-17(28-2)18(12-14)29-3/h4-9,12,20,26H,10-11H2,1-3H3/t20-/m0/s1. The molecule has 1 heterocycles. The fourth-order valence-electron chi connectivity index (χ4n) is 3.55. The molecule has 0 spiro atoms. The van der Waals surface area contributed by atoms with Gasteiger partial charge in [0.2, 0.25) is 0 Å². The summed E-state index contributed by atoms with van der Waals surface area (Å²) >= 11 is 0. The summed E-state index contributed by atoms with van der Waals surface area (Å²) in [6.45, 7) is 1.43. The number of nitrogens with zero attached hydrogens (tertiary/aromatic N) is 1. The van der Waals surface area contributed by atoms with Gasteiger partial charge in [0, 0.05) is 12.1 Å². The lowest BCUT2D eigenvalue weighted by Crippen LogP contribution is -2.33. The Morgan fingerprint density at radius 2 is 1.83 bits per heavy atom. The van der Waals surface area contributed by atoms with Crippen molar-refractivity contribution in [3.63, 3.8) is 0 Å². The van der Waals surface area contributed by atoms with Crippen molar-refractivity contribution in [3.8, 4) is 11.5 Å². The van der Waals surface area contributed by atoms with Crippen molar-refractivity contribution >= 4 is 11.7 Å². The van der Waals surface area contributed by atoms with Crippen molar-refractivity contribution < 1.29 is 28.6 Å². The van der Waals surface area contributed by atoms with Crippen LogP contribution in [-0.2, 0) is 16.0 Å². The number of methoxy groups -OCH3 is 2. The number of benzene rings is 2. The van der Waals surface area contributed by atoms with Crippen molar-refractivity contribution in [1.82, 2.24) is 4.90 Å². The van der Waals surface area contributed by atoms with E-state index in [0.29, 0.717) is 17.9 Å². The van der Waals surface area contributed by atoms with E-state index in [4.69, 9.17) is 9.47 Å². The van der Waals surface area contributed by atoms with Gasteiger partial charge in [0.1, 0.15) is 5.82 Å². The topological polar surface area (TPSA) is 76.1 Å². The summed E-state index contributed by atoms with van der Waals surface area (Å²) in [4.78, 5) is 26.1. The first-order chi connectivity index (χ1) is 13.9.